The van der Waals surface area contributed by atoms with Gasteiger partial charge in [-0.1, -0.05) is 18.7 Å². The maximum Gasteiger partial charge on any atom is 0.323 e. The molecule has 1 saturated carbocycles. The van der Waals surface area contributed by atoms with E-state index in [4.69, 9.17) is 0 Å². The molecule has 2 amide bonds. The molecule has 32 heavy (non-hydrogen) atoms. The van der Waals surface area contributed by atoms with Crippen LogP contribution in [0.5, 0.6) is 0 Å². The molecule has 1 aliphatic heterocycles. The Labute approximate surface area is 194 Å². The molecule has 3 aromatic heterocycles. The van der Waals surface area contributed by atoms with Crippen molar-refractivity contribution >= 4 is 51.2 Å². The molecule has 0 radical (unpaired) electrons. The summed E-state index contributed by atoms with van der Waals surface area (Å²) in [7, 11) is 2.07. The zero-order valence-electron chi connectivity index (χ0n) is 17.9. The molecule has 2 fully saturated rings. The van der Waals surface area contributed by atoms with Crippen molar-refractivity contribution < 1.29 is 4.79 Å². The Kier molecular flexibility index (Phi) is 5.65. The lowest BCUT2D eigenvalue weighted by molar-refractivity contribution is 0.218. The monoisotopic (exact) mass is 468 g/mol. The number of hydrogen-bond donors (Lipinski definition) is 2. The van der Waals surface area contributed by atoms with E-state index in [9.17, 15) is 10.1 Å². The molecular formula is C21H24N8OS2. The van der Waals surface area contributed by atoms with E-state index in [0.29, 0.717) is 33.7 Å². The van der Waals surface area contributed by atoms with Crippen LogP contribution >= 0.6 is 23.3 Å². The van der Waals surface area contributed by atoms with E-state index in [0.717, 1.165) is 48.4 Å². The van der Waals surface area contributed by atoms with Gasteiger partial charge in [0.05, 0.1) is 11.3 Å². The summed E-state index contributed by atoms with van der Waals surface area (Å²) in [5.41, 5.74) is 2.33. The van der Waals surface area contributed by atoms with Crippen LogP contribution in [0.15, 0.2) is 23.6 Å². The SMILES string of the molecule is CCSc1nsc(NC(=O)N2CC3C[C@H](N(C)c4c(C#N)cnc5[nH]ccc45)C[C@H]3C2)n1. The van der Waals surface area contributed by atoms with Gasteiger partial charge in [-0.25, -0.2) is 9.78 Å². The number of likely N-dealkylation sites (tertiary alicyclic amines) is 1. The number of aromatic nitrogens is 4. The fraction of sp³-hybridized carbons (Fsp3) is 0.476. The highest BCUT2D eigenvalue weighted by Gasteiger charge is 2.44. The van der Waals surface area contributed by atoms with Crippen molar-refractivity contribution in [1.82, 2.24) is 24.2 Å². The third kappa shape index (κ3) is 3.78. The number of H-pyrrole nitrogens is 1. The number of rotatable bonds is 5. The summed E-state index contributed by atoms with van der Waals surface area (Å²) in [5.74, 6) is 1.83. The van der Waals surface area contributed by atoms with Crippen LogP contribution in [-0.4, -0.2) is 62.2 Å². The normalized spacial score (nSPS) is 22.2. The van der Waals surface area contributed by atoms with E-state index in [2.05, 4.69) is 42.7 Å². The summed E-state index contributed by atoms with van der Waals surface area (Å²) in [4.78, 5) is 28.7. The molecule has 2 aliphatic rings. The van der Waals surface area contributed by atoms with Gasteiger partial charge in [-0.3, -0.25) is 5.32 Å². The molecule has 1 aliphatic carbocycles. The second-order valence-corrected chi connectivity index (χ2v) is 10.3. The van der Waals surface area contributed by atoms with Gasteiger partial charge in [-0.2, -0.15) is 14.6 Å². The number of aromatic amines is 1. The molecule has 0 bridgehead atoms. The number of pyridine rings is 1. The topological polar surface area (TPSA) is 114 Å². The number of fused-ring (bicyclic) bond motifs is 2. The predicted molar refractivity (Wildman–Crippen MR) is 126 cm³/mol. The quantitative estimate of drug-likeness (QED) is 0.548. The predicted octanol–water partition coefficient (Wildman–Crippen LogP) is 3.78. The lowest BCUT2D eigenvalue weighted by Gasteiger charge is -2.29. The summed E-state index contributed by atoms with van der Waals surface area (Å²) < 4.78 is 4.26. The van der Waals surface area contributed by atoms with Crippen molar-refractivity contribution in [2.75, 3.05) is 36.1 Å². The van der Waals surface area contributed by atoms with Crippen LogP contribution in [-0.2, 0) is 0 Å². The number of urea groups is 1. The van der Waals surface area contributed by atoms with Crippen molar-refractivity contribution in [2.45, 2.75) is 31.0 Å². The van der Waals surface area contributed by atoms with Gasteiger partial charge >= 0.3 is 6.03 Å². The molecule has 166 valence electrons. The highest BCUT2D eigenvalue weighted by atomic mass is 32.2. The molecule has 0 aromatic carbocycles. The highest BCUT2D eigenvalue weighted by Crippen LogP contribution is 2.42. The van der Waals surface area contributed by atoms with Crippen molar-refractivity contribution in [3.8, 4) is 6.07 Å². The maximum absolute atomic E-state index is 12.7. The molecule has 11 heteroatoms. The van der Waals surface area contributed by atoms with Gasteiger partial charge in [0, 0.05) is 55.5 Å². The molecule has 0 spiro atoms. The first kappa shape index (κ1) is 21.0. The van der Waals surface area contributed by atoms with E-state index in [-0.39, 0.29) is 6.03 Å². The molecule has 2 N–H and O–H groups in total. The Morgan fingerprint density at radius 3 is 2.94 bits per heavy atom. The lowest BCUT2D eigenvalue weighted by Crippen LogP contribution is -2.36. The Balaban J connectivity index is 1.24. The molecule has 3 atom stereocenters. The van der Waals surface area contributed by atoms with Crippen LogP contribution in [0.3, 0.4) is 0 Å². The molecule has 9 nitrogen and oxygen atoms in total. The number of hydrogen-bond acceptors (Lipinski definition) is 8. The number of carbonyl (C=O) groups is 1. The first-order valence-corrected chi connectivity index (χ1v) is 12.4. The third-order valence-corrected chi connectivity index (χ3v) is 7.96. The van der Waals surface area contributed by atoms with Crippen molar-refractivity contribution in [3.05, 3.63) is 24.0 Å². The number of nitrogens with zero attached hydrogens (tertiary/aromatic N) is 6. The van der Waals surface area contributed by atoms with Gasteiger partial charge < -0.3 is 14.8 Å². The lowest BCUT2D eigenvalue weighted by atomic mass is 10.0. The average Bonchev–Trinajstić information content (AvgIpc) is 3.55. The number of carbonyl (C=O) groups excluding carboxylic acids is 1. The van der Waals surface area contributed by atoms with E-state index in [1.165, 1.54) is 11.5 Å². The summed E-state index contributed by atoms with van der Waals surface area (Å²) in [5, 5.41) is 14.8. The van der Waals surface area contributed by atoms with Crippen LogP contribution in [0.4, 0.5) is 15.6 Å². The van der Waals surface area contributed by atoms with Crippen LogP contribution in [0.25, 0.3) is 11.0 Å². The summed E-state index contributed by atoms with van der Waals surface area (Å²) in [6.45, 7) is 3.54. The van der Waals surface area contributed by atoms with Gasteiger partial charge in [-0.15, -0.1) is 0 Å². The maximum atomic E-state index is 12.7. The molecular weight excluding hydrogens is 444 g/mol. The summed E-state index contributed by atoms with van der Waals surface area (Å²) in [6, 6.07) is 4.52. The Morgan fingerprint density at radius 1 is 1.44 bits per heavy atom. The van der Waals surface area contributed by atoms with Crippen LogP contribution in [0.2, 0.25) is 0 Å². The van der Waals surface area contributed by atoms with Crippen molar-refractivity contribution in [3.63, 3.8) is 0 Å². The van der Waals surface area contributed by atoms with E-state index in [1.54, 1.807) is 18.0 Å². The summed E-state index contributed by atoms with van der Waals surface area (Å²) in [6.07, 6.45) is 5.50. The zero-order chi connectivity index (χ0) is 22.2. The van der Waals surface area contributed by atoms with Gasteiger partial charge in [-0.05, 0) is 36.5 Å². The number of thioether (sulfide) groups is 1. The minimum atomic E-state index is -0.0940. The molecule has 1 saturated heterocycles. The van der Waals surface area contributed by atoms with E-state index >= 15 is 0 Å². The van der Waals surface area contributed by atoms with Gasteiger partial charge in [0.1, 0.15) is 11.7 Å². The average molecular weight is 469 g/mol. The van der Waals surface area contributed by atoms with Crippen LogP contribution in [0.1, 0.15) is 25.3 Å². The number of anilines is 2. The Bertz CT molecular complexity index is 1170. The number of nitrogens with one attached hydrogen (secondary N) is 2. The third-order valence-electron chi connectivity index (χ3n) is 6.49. The van der Waals surface area contributed by atoms with Gasteiger partial charge in [0.2, 0.25) is 10.3 Å². The molecule has 3 aromatic rings. The van der Waals surface area contributed by atoms with Gasteiger partial charge in [0.25, 0.3) is 0 Å². The fourth-order valence-electron chi connectivity index (χ4n) is 5.01. The smallest absolute Gasteiger partial charge is 0.323 e. The van der Waals surface area contributed by atoms with Crippen LogP contribution in [0, 0.1) is 23.2 Å². The number of amides is 2. The van der Waals surface area contributed by atoms with E-state index < -0.39 is 0 Å². The zero-order valence-corrected chi connectivity index (χ0v) is 19.5. The Morgan fingerprint density at radius 2 is 2.22 bits per heavy atom. The van der Waals surface area contributed by atoms with Crippen LogP contribution < -0.4 is 10.2 Å². The first-order valence-electron chi connectivity index (χ1n) is 10.7. The second-order valence-electron chi connectivity index (χ2n) is 8.28. The largest absolute Gasteiger partial charge is 0.370 e. The molecule has 4 heterocycles. The fourth-order valence-corrected chi connectivity index (χ4v) is 6.27. The molecule has 5 rings (SSSR count). The second kappa shape index (κ2) is 8.60. The van der Waals surface area contributed by atoms with Gasteiger partial charge in [0.15, 0.2) is 0 Å². The molecule has 1 unspecified atom stereocenters. The minimum Gasteiger partial charge on any atom is -0.370 e. The highest BCUT2D eigenvalue weighted by molar-refractivity contribution is 7.99. The summed E-state index contributed by atoms with van der Waals surface area (Å²) >= 11 is 2.79. The van der Waals surface area contributed by atoms with Crippen molar-refractivity contribution in [2.24, 2.45) is 11.8 Å². The van der Waals surface area contributed by atoms with E-state index in [1.807, 2.05) is 24.1 Å². The number of nitriles is 1. The standard InChI is InChI=1S/C21H24N8OS2/c1-3-31-20-25-19(32-27-20)26-21(30)29-10-12-6-15(7-13(12)11-29)28(2)17-14(8-22)9-24-18-16(17)4-5-23-18/h4-5,9,12-13,15H,3,6-7,10-11H2,1-2H3,(H,23,24)(H,25,26,27,30)/t12-,13?,15+/m0/s1. The first-order chi connectivity index (χ1) is 15.6. The van der Waals surface area contributed by atoms with Crippen molar-refractivity contribution in [1.29, 1.82) is 5.26 Å². The minimum absolute atomic E-state index is 0.0940. The Hall–Kier alpha value is -2.84.